The van der Waals surface area contributed by atoms with Gasteiger partial charge in [-0.3, -0.25) is 4.79 Å². The Labute approximate surface area is 135 Å². The number of rotatable bonds is 2. The Morgan fingerprint density at radius 3 is 2.87 bits per heavy atom. The molecule has 2 aliphatic rings. The fraction of sp³-hybridized carbons (Fsp3) is 0.500. The number of esters is 1. The predicted molar refractivity (Wildman–Crippen MR) is 87.4 cm³/mol. The summed E-state index contributed by atoms with van der Waals surface area (Å²) < 4.78 is 6.84. The molecule has 1 aromatic heterocycles. The Morgan fingerprint density at radius 1 is 1.30 bits per heavy atom. The van der Waals surface area contributed by atoms with E-state index >= 15 is 0 Å². The zero-order valence-corrected chi connectivity index (χ0v) is 13.8. The molecule has 0 radical (unpaired) electrons. The monoisotopic (exact) mass is 314 g/mol. The lowest BCUT2D eigenvalue weighted by Gasteiger charge is -2.44. The second kappa shape index (κ2) is 5.27. The van der Waals surface area contributed by atoms with E-state index in [-0.39, 0.29) is 11.9 Å². The first-order valence-electron chi connectivity index (χ1n) is 8.09. The van der Waals surface area contributed by atoms with E-state index in [4.69, 9.17) is 9.57 Å². The van der Waals surface area contributed by atoms with Gasteiger partial charge in [0, 0.05) is 30.1 Å². The van der Waals surface area contributed by atoms with Crippen molar-refractivity contribution in [3.63, 3.8) is 0 Å². The van der Waals surface area contributed by atoms with Crippen molar-refractivity contribution in [1.82, 2.24) is 9.63 Å². The first kappa shape index (κ1) is 14.6. The van der Waals surface area contributed by atoms with Gasteiger partial charge in [-0.1, -0.05) is 12.1 Å². The molecule has 0 bridgehead atoms. The van der Waals surface area contributed by atoms with E-state index in [1.165, 1.54) is 23.6 Å². The van der Waals surface area contributed by atoms with Gasteiger partial charge in [0.15, 0.2) is 0 Å². The number of piperidine rings is 1. The van der Waals surface area contributed by atoms with Crippen LogP contribution in [0.3, 0.4) is 0 Å². The minimum atomic E-state index is -0.0947. The molecule has 23 heavy (non-hydrogen) atoms. The predicted octanol–water partition coefficient (Wildman–Crippen LogP) is 1.83. The summed E-state index contributed by atoms with van der Waals surface area (Å²) in [7, 11) is 5.29. The van der Waals surface area contributed by atoms with Crippen LogP contribution in [0, 0.1) is 5.92 Å². The van der Waals surface area contributed by atoms with E-state index in [0.717, 1.165) is 24.9 Å². The van der Waals surface area contributed by atoms with Gasteiger partial charge < -0.3 is 14.5 Å². The molecule has 0 amide bonds. The van der Waals surface area contributed by atoms with Crippen LogP contribution in [-0.2, 0) is 16.0 Å². The number of methoxy groups -OCH3 is 1. The normalized spacial score (nSPS) is 26.8. The zero-order valence-electron chi connectivity index (χ0n) is 13.8. The Hall–Kier alpha value is -2.01. The molecule has 2 heterocycles. The first-order chi connectivity index (χ1) is 11.1. The van der Waals surface area contributed by atoms with E-state index in [1.807, 2.05) is 4.73 Å². The van der Waals surface area contributed by atoms with Crippen molar-refractivity contribution in [1.29, 1.82) is 0 Å². The largest absolute Gasteiger partial charge is 0.469 e. The fourth-order valence-electron chi connectivity index (χ4n) is 4.50. The van der Waals surface area contributed by atoms with E-state index < -0.39 is 0 Å². The van der Waals surface area contributed by atoms with Crippen molar-refractivity contribution >= 4 is 16.9 Å². The SMILES string of the molecule is COC(=O)[C@@H]1C[C@@H]2c3cccc4c3c(cn4OC)C[C@H]2N(C)C1. The number of fused-ring (bicyclic) bond motifs is 2. The van der Waals surface area contributed by atoms with Gasteiger partial charge in [-0.05, 0) is 37.1 Å². The second-order valence-corrected chi connectivity index (χ2v) is 6.68. The van der Waals surface area contributed by atoms with Crippen LogP contribution in [0.15, 0.2) is 24.4 Å². The van der Waals surface area contributed by atoms with Gasteiger partial charge in [0.25, 0.3) is 0 Å². The number of benzene rings is 1. The van der Waals surface area contributed by atoms with Crippen molar-refractivity contribution in [2.24, 2.45) is 5.92 Å². The van der Waals surface area contributed by atoms with Crippen molar-refractivity contribution in [2.75, 3.05) is 27.8 Å². The first-order valence-corrected chi connectivity index (χ1v) is 8.09. The average molecular weight is 314 g/mol. The second-order valence-electron chi connectivity index (χ2n) is 6.68. The maximum absolute atomic E-state index is 12.1. The summed E-state index contributed by atoms with van der Waals surface area (Å²) in [6.07, 6.45) is 3.96. The minimum Gasteiger partial charge on any atom is -0.469 e. The van der Waals surface area contributed by atoms with Gasteiger partial charge in [-0.2, -0.15) is 4.73 Å². The van der Waals surface area contributed by atoms with Gasteiger partial charge in [-0.15, -0.1) is 0 Å². The highest BCUT2D eigenvalue weighted by molar-refractivity contribution is 5.89. The van der Waals surface area contributed by atoms with Crippen LogP contribution in [0.25, 0.3) is 10.9 Å². The summed E-state index contributed by atoms with van der Waals surface area (Å²) in [6.45, 7) is 0.768. The number of hydrogen-bond acceptors (Lipinski definition) is 4. The summed E-state index contributed by atoms with van der Waals surface area (Å²) in [5.74, 6) is 0.219. The Kier molecular flexibility index (Phi) is 3.34. The maximum Gasteiger partial charge on any atom is 0.309 e. The molecule has 122 valence electrons. The Bertz CT molecular complexity index is 767. The quantitative estimate of drug-likeness (QED) is 0.793. The Balaban J connectivity index is 1.82. The highest BCUT2D eigenvalue weighted by Crippen LogP contribution is 2.44. The maximum atomic E-state index is 12.1. The van der Waals surface area contributed by atoms with E-state index in [0.29, 0.717) is 12.0 Å². The van der Waals surface area contributed by atoms with E-state index in [1.54, 1.807) is 7.11 Å². The lowest BCUT2D eigenvalue weighted by Crippen LogP contribution is -2.49. The molecule has 1 aromatic carbocycles. The third-order valence-electron chi connectivity index (χ3n) is 5.54. The topological polar surface area (TPSA) is 43.7 Å². The third kappa shape index (κ3) is 2.06. The number of carbonyl (C=O) groups excluding carboxylic acids is 1. The Morgan fingerprint density at radius 2 is 2.13 bits per heavy atom. The molecule has 1 aliphatic heterocycles. The smallest absolute Gasteiger partial charge is 0.309 e. The lowest BCUT2D eigenvalue weighted by molar-refractivity contribution is -0.148. The van der Waals surface area contributed by atoms with Crippen LogP contribution < -0.4 is 4.84 Å². The fourth-order valence-corrected chi connectivity index (χ4v) is 4.50. The van der Waals surface area contributed by atoms with Crippen LogP contribution in [-0.4, -0.2) is 49.5 Å². The molecule has 3 atom stereocenters. The number of ether oxygens (including phenoxy) is 1. The van der Waals surface area contributed by atoms with Crippen LogP contribution in [0.1, 0.15) is 23.5 Å². The molecule has 5 heteroatoms. The molecule has 1 saturated heterocycles. The third-order valence-corrected chi connectivity index (χ3v) is 5.54. The molecule has 0 spiro atoms. The van der Waals surface area contributed by atoms with Gasteiger partial charge in [0.2, 0.25) is 0 Å². The summed E-state index contributed by atoms with van der Waals surface area (Å²) >= 11 is 0. The van der Waals surface area contributed by atoms with Gasteiger partial charge in [0.05, 0.1) is 18.5 Å². The van der Waals surface area contributed by atoms with Crippen LogP contribution in [0.4, 0.5) is 0 Å². The van der Waals surface area contributed by atoms with Crippen molar-refractivity contribution in [3.05, 3.63) is 35.5 Å². The molecule has 4 rings (SSSR count). The zero-order chi connectivity index (χ0) is 16.1. The van der Waals surface area contributed by atoms with Gasteiger partial charge in [-0.25, -0.2) is 0 Å². The van der Waals surface area contributed by atoms with E-state index in [9.17, 15) is 4.79 Å². The molecule has 0 N–H and O–H groups in total. The average Bonchev–Trinajstić information content (AvgIpc) is 2.94. The highest BCUT2D eigenvalue weighted by Gasteiger charge is 2.42. The number of aromatic nitrogens is 1. The van der Waals surface area contributed by atoms with E-state index in [2.05, 4.69) is 36.3 Å². The minimum absolute atomic E-state index is 0.0485. The number of likely N-dealkylation sites (tertiary alicyclic amines) is 1. The molecule has 2 aromatic rings. The van der Waals surface area contributed by atoms with Gasteiger partial charge in [0.1, 0.15) is 7.11 Å². The number of nitrogens with zero attached hydrogens (tertiary/aromatic N) is 2. The number of carbonyl (C=O) groups is 1. The van der Waals surface area contributed by atoms with Crippen molar-refractivity contribution in [3.8, 4) is 0 Å². The summed E-state index contributed by atoms with van der Waals surface area (Å²) in [6, 6.07) is 6.81. The molecular weight excluding hydrogens is 292 g/mol. The molecule has 5 nitrogen and oxygen atoms in total. The van der Waals surface area contributed by atoms with Crippen molar-refractivity contribution < 1.29 is 14.4 Å². The van der Waals surface area contributed by atoms with Crippen LogP contribution in [0.2, 0.25) is 0 Å². The van der Waals surface area contributed by atoms with Crippen LogP contribution >= 0.6 is 0 Å². The molecule has 1 aliphatic carbocycles. The molecule has 0 saturated carbocycles. The number of likely N-dealkylation sites (N-methyl/N-ethyl adjacent to an activating group) is 1. The highest BCUT2D eigenvalue weighted by atomic mass is 16.6. The molecular formula is C18H22N2O3. The summed E-state index contributed by atoms with van der Waals surface area (Å²) in [5, 5.41) is 1.30. The van der Waals surface area contributed by atoms with Gasteiger partial charge >= 0.3 is 5.97 Å². The molecule has 0 unspecified atom stereocenters. The standard InChI is InChI=1S/C18H22N2O3/c1-19-9-12(18(21)22-2)7-14-13-5-4-6-15-17(13)11(8-16(14)19)10-20(15)23-3/h4-6,10,12,14,16H,7-9H2,1-3H3/t12-,14-,16-/m1/s1. The lowest BCUT2D eigenvalue weighted by atomic mass is 9.72. The summed E-state index contributed by atoms with van der Waals surface area (Å²) in [4.78, 5) is 19.9. The van der Waals surface area contributed by atoms with Crippen molar-refractivity contribution in [2.45, 2.75) is 24.8 Å². The number of hydrogen-bond donors (Lipinski definition) is 0. The summed E-state index contributed by atoms with van der Waals surface area (Å²) in [5.41, 5.74) is 3.79. The molecule has 1 fully saturated rings. The van der Waals surface area contributed by atoms with Crippen LogP contribution in [0.5, 0.6) is 0 Å².